The third-order valence-electron chi connectivity index (χ3n) is 2.52. The van der Waals surface area contributed by atoms with Crippen LogP contribution in [-0.2, 0) is 0 Å². The molecule has 0 aliphatic rings. The van der Waals surface area contributed by atoms with E-state index >= 15 is 0 Å². The van der Waals surface area contributed by atoms with Crippen molar-refractivity contribution in [1.29, 1.82) is 5.26 Å². The van der Waals surface area contributed by atoms with Crippen LogP contribution in [0.3, 0.4) is 0 Å². The van der Waals surface area contributed by atoms with Gasteiger partial charge in [0.25, 0.3) is 5.91 Å². The normalized spacial score (nSPS) is 11.9. The highest BCUT2D eigenvalue weighted by Crippen LogP contribution is 2.05. The largest absolute Gasteiger partial charge is 0.391 e. The number of nitriles is 1. The second kappa shape index (κ2) is 6.77. The number of aliphatic hydroxyl groups is 1. The zero-order valence-corrected chi connectivity index (χ0v) is 10.7. The first-order valence-corrected chi connectivity index (χ1v) is 5.99. The fourth-order valence-corrected chi connectivity index (χ4v) is 1.64. The minimum absolute atomic E-state index is 0.234. The fraction of sp³-hybridized carbons (Fsp3) is 0.429. The van der Waals surface area contributed by atoms with Crippen LogP contribution in [0, 0.1) is 17.2 Å². The lowest BCUT2D eigenvalue weighted by Gasteiger charge is -2.13. The quantitative estimate of drug-likeness (QED) is 0.830. The Morgan fingerprint density at radius 1 is 1.39 bits per heavy atom. The highest BCUT2D eigenvalue weighted by molar-refractivity contribution is 5.94. The van der Waals surface area contributed by atoms with Crippen molar-refractivity contribution >= 4 is 5.91 Å². The average Bonchev–Trinajstić information content (AvgIpc) is 2.35. The van der Waals surface area contributed by atoms with E-state index in [1.165, 1.54) is 0 Å². The van der Waals surface area contributed by atoms with Gasteiger partial charge < -0.3 is 10.4 Å². The number of carbonyl (C=O) groups is 1. The first kappa shape index (κ1) is 14.2. The van der Waals surface area contributed by atoms with E-state index in [0.717, 1.165) is 0 Å². The predicted molar refractivity (Wildman–Crippen MR) is 69.0 cm³/mol. The highest BCUT2D eigenvalue weighted by atomic mass is 16.3. The maximum absolute atomic E-state index is 11.7. The van der Waals surface area contributed by atoms with Gasteiger partial charge in [0.15, 0.2) is 0 Å². The summed E-state index contributed by atoms with van der Waals surface area (Å²) in [6, 6.07) is 8.39. The molecular formula is C14H18N2O2. The van der Waals surface area contributed by atoms with Gasteiger partial charge in [0.1, 0.15) is 0 Å². The molecule has 0 aliphatic carbocycles. The first-order chi connectivity index (χ1) is 8.52. The van der Waals surface area contributed by atoms with Crippen molar-refractivity contribution in [3.05, 3.63) is 35.4 Å². The molecule has 1 atom stereocenters. The molecule has 0 saturated carbocycles. The number of hydrogen-bond donors (Lipinski definition) is 2. The van der Waals surface area contributed by atoms with Gasteiger partial charge in [0, 0.05) is 12.1 Å². The summed E-state index contributed by atoms with van der Waals surface area (Å²) < 4.78 is 0. The molecule has 18 heavy (non-hydrogen) atoms. The van der Waals surface area contributed by atoms with Crippen LogP contribution in [0.4, 0.5) is 0 Å². The number of nitrogens with one attached hydrogen (secondary N) is 1. The lowest BCUT2D eigenvalue weighted by atomic mass is 10.1. The molecule has 0 aromatic heterocycles. The minimum Gasteiger partial charge on any atom is -0.391 e. The van der Waals surface area contributed by atoms with Gasteiger partial charge in [-0.1, -0.05) is 13.8 Å². The van der Waals surface area contributed by atoms with E-state index in [4.69, 9.17) is 5.26 Å². The van der Waals surface area contributed by atoms with E-state index in [1.54, 1.807) is 24.3 Å². The van der Waals surface area contributed by atoms with Crippen molar-refractivity contribution < 1.29 is 9.90 Å². The summed E-state index contributed by atoms with van der Waals surface area (Å²) in [4.78, 5) is 11.7. The van der Waals surface area contributed by atoms with Gasteiger partial charge in [-0.2, -0.15) is 5.26 Å². The van der Waals surface area contributed by atoms with Gasteiger partial charge >= 0.3 is 0 Å². The minimum atomic E-state index is -0.521. The molecule has 1 unspecified atom stereocenters. The van der Waals surface area contributed by atoms with Gasteiger partial charge in [-0.25, -0.2) is 0 Å². The Bertz CT molecular complexity index is 432. The van der Waals surface area contributed by atoms with E-state index < -0.39 is 6.10 Å². The van der Waals surface area contributed by atoms with Crippen molar-refractivity contribution in [2.24, 2.45) is 5.92 Å². The lowest BCUT2D eigenvalue weighted by Crippen LogP contribution is -2.32. The Labute approximate surface area is 107 Å². The molecular weight excluding hydrogens is 228 g/mol. The Kier molecular flexibility index (Phi) is 5.34. The molecule has 1 amide bonds. The van der Waals surface area contributed by atoms with Gasteiger partial charge in [-0.15, -0.1) is 0 Å². The van der Waals surface area contributed by atoms with Crippen LogP contribution in [0.25, 0.3) is 0 Å². The Morgan fingerprint density at radius 3 is 2.50 bits per heavy atom. The van der Waals surface area contributed by atoms with Crippen molar-refractivity contribution in [3.8, 4) is 6.07 Å². The highest BCUT2D eigenvalue weighted by Gasteiger charge is 2.10. The van der Waals surface area contributed by atoms with Gasteiger partial charge in [-0.05, 0) is 36.6 Å². The van der Waals surface area contributed by atoms with Crippen LogP contribution < -0.4 is 5.32 Å². The molecule has 4 heteroatoms. The summed E-state index contributed by atoms with van der Waals surface area (Å²) in [7, 11) is 0. The second-order valence-electron chi connectivity index (χ2n) is 4.68. The Balaban J connectivity index is 2.47. The second-order valence-corrected chi connectivity index (χ2v) is 4.68. The molecule has 0 fully saturated rings. The molecule has 0 radical (unpaired) electrons. The van der Waals surface area contributed by atoms with Crippen LogP contribution in [-0.4, -0.2) is 23.7 Å². The van der Waals surface area contributed by atoms with E-state index in [-0.39, 0.29) is 12.5 Å². The number of benzene rings is 1. The smallest absolute Gasteiger partial charge is 0.251 e. The van der Waals surface area contributed by atoms with Gasteiger partial charge in [0.2, 0.25) is 0 Å². The van der Waals surface area contributed by atoms with E-state index in [0.29, 0.717) is 23.5 Å². The predicted octanol–water partition coefficient (Wildman–Crippen LogP) is 1.70. The maximum atomic E-state index is 11.7. The number of nitrogens with zero attached hydrogens (tertiary/aromatic N) is 1. The van der Waals surface area contributed by atoms with E-state index in [9.17, 15) is 9.90 Å². The monoisotopic (exact) mass is 246 g/mol. The number of amides is 1. The third kappa shape index (κ3) is 4.56. The zero-order chi connectivity index (χ0) is 13.5. The van der Waals surface area contributed by atoms with Crippen molar-refractivity contribution in [2.45, 2.75) is 26.4 Å². The van der Waals surface area contributed by atoms with Crippen LogP contribution in [0.15, 0.2) is 24.3 Å². The van der Waals surface area contributed by atoms with Crippen LogP contribution in [0.1, 0.15) is 36.2 Å². The van der Waals surface area contributed by atoms with Gasteiger partial charge in [-0.3, -0.25) is 4.79 Å². The summed E-state index contributed by atoms with van der Waals surface area (Å²) >= 11 is 0. The zero-order valence-electron chi connectivity index (χ0n) is 10.7. The summed E-state index contributed by atoms with van der Waals surface area (Å²) in [5.41, 5.74) is 1.01. The molecule has 4 nitrogen and oxygen atoms in total. The number of carbonyl (C=O) groups excluding carboxylic acids is 1. The first-order valence-electron chi connectivity index (χ1n) is 5.99. The molecule has 2 N–H and O–H groups in total. The molecule has 1 rings (SSSR count). The molecule has 1 aromatic carbocycles. The molecule has 1 aromatic rings. The summed E-state index contributed by atoms with van der Waals surface area (Å²) in [6.07, 6.45) is 0.139. The summed E-state index contributed by atoms with van der Waals surface area (Å²) in [5, 5.41) is 21.0. The van der Waals surface area contributed by atoms with Gasteiger partial charge in [0.05, 0.1) is 17.7 Å². The molecule has 0 saturated heterocycles. The van der Waals surface area contributed by atoms with Crippen LogP contribution in [0.2, 0.25) is 0 Å². The molecule has 0 aliphatic heterocycles. The third-order valence-corrected chi connectivity index (χ3v) is 2.52. The molecule has 0 heterocycles. The SMILES string of the molecule is CC(C)CC(O)CNC(=O)c1ccc(C#N)cc1. The average molecular weight is 246 g/mol. The number of rotatable bonds is 5. The molecule has 0 bridgehead atoms. The lowest BCUT2D eigenvalue weighted by molar-refractivity contribution is 0.0900. The number of hydrogen-bond acceptors (Lipinski definition) is 3. The van der Waals surface area contributed by atoms with E-state index in [1.807, 2.05) is 19.9 Å². The summed E-state index contributed by atoms with van der Waals surface area (Å²) in [5.74, 6) is 0.161. The maximum Gasteiger partial charge on any atom is 0.251 e. The van der Waals surface area contributed by atoms with Crippen molar-refractivity contribution in [2.75, 3.05) is 6.54 Å². The summed E-state index contributed by atoms with van der Waals surface area (Å²) in [6.45, 7) is 4.29. The fourth-order valence-electron chi connectivity index (χ4n) is 1.64. The van der Waals surface area contributed by atoms with Crippen LogP contribution in [0.5, 0.6) is 0 Å². The Hall–Kier alpha value is -1.86. The van der Waals surface area contributed by atoms with Crippen LogP contribution >= 0.6 is 0 Å². The Morgan fingerprint density at radius 2 is 2.00 bits per heavy atom. The van der Waals surface area contributed by atoms with E-state index in [2.05, 4.69) is 5.32 Å². The molecule has 0 spiro atoms. The van der Waals surface area contributed by atoms with Crippen molar-refractivity contribution in [1.82, 2.24) is 5.32 Å². The molecule has 96 valence electrons. The van der Waals surface area contributed by atoms with Crippen molar-refractivity contribution in [3.63, 3.8) is 0 Å². The number of aliphatic hydroxyl groups excluding tert-OH is 1. The standard InChI is InChI=1S/C14H18N2O2/c1-10(2)7-13(17)9-16-14(18)12-5-3-11(8-15)4-6-12/h3-6,10,13,17H,7,9H2,1-2H3,(H,16,18). The topological polar surface area (TPSA) is 73.1 Å².